The standard InChI is InChI=1S/C22H25N3O3S/c1-15-21(26)23-19-13-17(5-8-20(19)29-15)22(27)25-11-9-24(10-12-25)14-16-3-6-18(28-2)7-4-16/h3-8,13,15H,9-12,14H2,1-2H3,(H,23,26)/t15-/m0/s1. The highest BCUT2D eigenvalue weighted by molar-refractivity contribution is 8.00. The molecule has 2 aliphatic heterocycles. The normalized spacial score (nSPS) is 19.4. The van der Waals surface area contributed by atoms with E-state index in [-0.39, 0.29) is 17.1 Å². The number of nitrogens with one attached hydrogen (secondary N) is 1. The number of carbonyl (C=O) groups excluding carboxylic acids is 2. The van der Waals surface area contributed by atoms with Crippen LogP contribution in [-0.4, -0.2) is 60.2 Å². The van der Waals surface area contributed by atoms with Gasteiger partial charge in [-0.1, -0.05) is 12.1 Å². The van der Waals surface area contributed by atoms with Crippen molar-refractivity contribution in [2.24, 2.45) is 0 Å². The van der Waals surface area contributed by atoms with Gasteiger partial charge in [-0.2, -0.15) is 0 Å². The van der Waals surface area contributed by atoms with E-state index in [0.29, 0.717) is 18.7 Å². The number of fused-ring (bicyclic) bond motifs is 1. The van der Waals surface area contributed by atoms with Crippen molar-refractivity contribution in [2.45, 2.75) is 23.6 Å². The van der Waals surface area contributed by atoms with Gasteiger partial charge in [0.15, 0.2) is 0 Å². The first-order valence-electron chi connectivity index (χ1n) is 9.79. The van der Waals surface area contributed by atoms with Crippen molar-refractivity contribution in [3.8, 4) is 5.75 Å². The molecular weight excluding hydrogens is 386 g/mol. The second-order valence-electron chi connectivity index (χ2n) is 7.38. The Morgan fingerprint density at radius 2 is 1.86 bits per heavy atom. The molecule has 0 radical (unpaired) electrons. The molecule has 1 atom stereocenters. The predicted molar refractivity (Wildman–Crippen MR) is 115 cm³/mol. The second-order valence-corrected chi connectivity index (χ2v) is 8.76. The lowest BCUT2D eigenvalue weighted by Crippen LogP contribution is -2.48. The zero-order valence-electron chi connectivity index (χ0n) is 16.7. The Morgan fingerprint density at radius 1 is 1.14 bits per heavy atom. The number of ether oxygens (including phenoxy) is 1. The first-order valence-corrected chi connectivity index (χ1v) is 10.7. The number of rotatable bonds is 4. The summed E-state index contributed by atoms with van der Waals surface area (Å²) >= 11 is 1.53. The van der Waals surface area contributed by atoms with Gasteiger partial charge in [-0.05, 0) is 42.8 Å². The van der Waals surface area contributed by atoms with E-state index in [9.17, 15) is 9.59 Å². The molecule has 2 aliphatic rings. The Hall–Kier alpha value is -2.51. The number of carbonyl (C=O) groups is 2. The summed E-state index contributed by atoms with van der Waals surface area (Å²) < 4.78 is 5.21. The molecule has 1 saturated heterocycles. The maximum absolute atomic E-state index is 12.9. The first kappa shape index (κ1) is 19.8. The number of methoxy groups -OCH3 is 1. The highest BCUT2D eigenvalue weighted by Gasteiger charge is 2.26. The van der Waals surface area contributed by atoms with Gasteiger partial charge in [-0.15, -0.1) is 11.8 Å². The molecule has 7 heteroatoms. The average molecular weight is 412 g/mol. The molecule has 29 heavy (non-hydrogen) atoms. The summed E-state index contributed by atoms with van der Waals surface area (Å²) in [6, 6.07) is 13.7. The van der Waals surface area contributed by atoms with Crippen LogP contribution in [0.15, 0.2) is 47.4 Å². The second kappa shape index (κ2) is 8.47. The summed E-state index contributed by atoms with van der Waals surface area (Å²) in [6.45, 7) is 5.83. The summed E-state index contributed by atoms with van der Waals surface area (Å²) in [6.07, 6.45) is 0. The van der Waals surface area contributed by atoms with Crippen molar-refractivity contribution in [3.63, 3.8) is 0 Å². The smallest absolute Gasteiger partial charge is 0.254 e. The number of benzene rings is 2. The predicted octanol–water partition coefficient (Wildman–Crippen LogP) is 3.09. The van der Waals surface area contributed by atoms with Gasteiger partial charge in [0.2, 0.25) is 5.91 Å². The van der Waals surface area contributed by atoms with Crippen LogP contribution >= 0.6 is 11.8 Å². The van der Waals surface area contributed by atoms with E-state index in [0.717, 1.165) is 36.0 Å². The summed E-state index contributed by atoms with van der Waals surface area (Å²) in [5, 5.41) is 2.79. The topological polar surface area (TPSA) is 61.9 Å². The van der Waals surface area contributed by atoms with Crippen molar-refractivity contribution < 1.29 is 14.3 Å². The number of anilines is 1. The SMILES string of the molecule is COc1ccc(CN2CCN(C(=O)c3ccc4c(c3)NC(=O)[C@H](C)S4)CC2)cc1. The maximum atomic E-state index is 12.9. The molecule has 0 aromatic heterocycles. The van der Waals surface area contributed by atoms with Crippen LogP contribution in [0.1, 0.15) is 22.8 Å². The van der Waals surface area contributed by atoms with Gasteiger partial charge in [0.25, 0.3) is 5.91 Å². The lowest BCUT2D eigenvalue weighted by Gasteiger charge is -2.35. The monoisotopic (exact) mass is 411 g/mol. The molecular formula is C22H25N3O3S. The third kappa shape index (κ3) is 4.41. The number of amides is 2. The van der Waals surface area contributed by atoms with E-state index in [1.807, 2.05) is 36.1 Å². The van der Waals surface area contributed by atoms with Gasteiger partial charge in [0.05, 0.1) is 18.0 Å². The Morgan fingerprint density at radius 3 is 2.55 bits per heavy atom. The van der Waals surface area contributed by atoms with Crippen molar-refractivity contribution in [2.75, 3.05) is 38.6 Å². The lowest BCUT2D eigenvalue weighted by atomic mass is 10.1. The van der Waals surface area contributed by atoms with Gasteiger partial charge in [-0.25, -0.2) is 0 Å². The molecule has 6 nitrogen and oxygen atoms in total. The average Bonchev–Trinajstić information content (AvgIpc) is 2.75. The zero-order valence-corrected chi connectivity index (χ0v) is 17.5. The molecule has 0 bridgehead atoms. The summed E-state index contributed by atoms with van der Waals surface area (Å²) in [5.74, 6) is 0.868. The van der Waals surface area contributed by atoms with Crippen LogP contribution in [0.2, 0.25) is 0 Å². The molecule has 0 saturated carbocycles. The van der Waals surface area contributed by atoms with Crippen molar-refractivity contribution in [3.05, 3.63) is 53.6 Å². The largest absolute Gasteiger partial charge is 0.497 e. The number of thioether (sulfide) groups is 1. The Labute approximate surface area is 175 Å². The minimum Gasteiger partial charge on any atom is -0.497 e. The Balaban J connectivity index is 1.35. The molecule has 0 unspecified atom stereocenters. The summed E-state index contributed by atoms with van der Waals surface area (Å²) in [4.78, 5) is 30.1. The minimum absolute atomic E-state index is 0.0146. The van der Waals surface area contributed by atoms with E-state index in [1.54, 1.807) is 13.2 Å². The highest BCUT2D eigenvalue weighted by Crippen LogP contribution is 2.36. The van der Waals surface area contributed by atoms with Crippen LogP contribution in [-0.2, 0) is 11.3 Å². The third-order valence-corrected chi connectivity index (χ3v) is 6.56. The van der Waals surface area contributed by atoms with Crippen LogP contribution in [0.3, 0.4) is 0 Å². The van der Waals surface area contributed by atoms with Gasteiger partial charge in [-0.3, -0.25) is 14.5 Å². The zero-order chi connectivity index (χ0) is 20.4. The number of hydrogen-bond acceptors (Lipinski definition) is 5. The molecule has 2 heterocycles. The summed E-state index contributed by atoms with van der Waals surface area (Å²) in [5.41, 5.74) is 2.60. The number of nitrogens with zero attached hydrogens (tertiary/aromatic N) is 2. The summed E-state index contributed by atoms with van der Waals surface area (Å²) in [7, 11) is 1.67. The molecule has 1 N–H and O–H groups in total. The van der Waals surface area contributed by atoms with E-state index < -0.39 is 0 Å². The molecule has 1 fully saturated rings. The molecule has 152 valence electrons. The molecule has 4 rings (SSSR count). The number of piperazine rings is 1. The fourth-order valence-electron chi connectivity index (χ4n) is 3.62. The quantitative estimate of drug-likeness (QED) is 0.838. The fourth-order valence-corrected chi connectivity index (χ4v) is 4.55. The molecule has 2 amide bonds. The molecule has 0 spiro atoms. The van der Waals surface area contributed by atoms with E-state index >= 15 is 0 Å². The Kier molecular flexibility index (Phi) is 5.78. The van der Waals surface area contributed by atoms with E-state index in [1.165, 1.54) is 17.3 Å². The van der Waals surface area contributed by atoms with Crippen molar-refractivity contribution in [1.82, 2.24) is 9.80 Å². The molecule has 2 aromatic carbocycles. The fraction of sp³-hybridized carbons (Fsp3) is 0.364. The van der Waals surface area contributed by atoms with Gasteiger partial charge in [0, 0.05) is 43.2 Å². The van der Waals surface area contributed by atoms with Gasteiger partial charge in [0.1, 0.15) is 5.75 Å². The van der Waals surface area contributed by atoms with Gasteiger partial charge < -0.3 is 15.0 Å². The van der Waals surface area contributed by atoms with Crippen LogP contribution in [0.4, 0.5) is 5.69 Å². The van der Waals surface area contributed by atoms with Gasteiger partial charge >= 0.3 is 0 Å². The molecule has 2 aromatic rings. The lowest BCUT2D eigenvalue weighted by molar-refractivity contribution is -0.115. The third-order valence-electron chi connectivity index (χ3n) is 5.38. The van der Waals surface area contributed by atoms with E-state index in [2.05, 4.69) is 22.3 Å². The van der Waals surface area contributed by atoms with Crippen LogP contribution in [0.5, 0.6) is 5.75 Å². The highest BCUT2D eigenvalue weighted by atomic mass is 32.2. The molecule has 0 aliphatic carbocycles. The van der Waals surface area contributed by atoms with E-state index in [4.69, 9.17) is 4.74 Å². The van der Waals surface area contributed by atoms with Crippen LogP contribution in [0.25, 0.3) is 0 Å². The maximum Gasteiger partial charge on any atom is 0.254 e. The van der Waals surface area contributed by atoms with Crippen molar-refractivity contribution >= 4 is 29.3 Å². The van der Waals surface area contributed by atoms with Crippen molar-refractivity contribution in [1.29, 1.82) is 0 Å². The Bertz CT molecular complexity index is 908. The number of hydrogen-bond donors (Lipinski definition) is 1. The van der Waals surface area contributed by atoms with Crippen LogP contribution in [0, 0.1) is 0 Å². The first-order chi connectivity index (χ1) is 14.0. The van der Waals surface area contributed by atoms with Crippen LogP contribution < -0.4 is 10.1 Å². The minimum atomic E-state index is -0.108.